The summed E-state index contributed by atoms with van der Waals surface area (Å²) in [6, 6.07) is 5.83. The van der Waals surface area contributed by atoms with Gasteiger partial charge in [0.25, 0.3) is 0 Å². The summed E-state index contributed by atoms with van der Waals surface area (Å²) in [5.74, 6) is -1.06. The van der Waals surface area contributed by atoms with Crippen LogP contribution in [0.3, 0.4) is 0 Å². The van der Waals surface area contributed by atoms with Crippen molar-refractivity contribution in [2.75, 3.05) is 16.8 Å². The zero-order chi connectivity index (χ0) is 21.3. The van der Waals surface area contributed by atoms with Crippen LogP contribution in [0.1, 0.15) is 55.9 Å². The number of benzene rings is 2. The number of nitrogens with one attached hydrogen (secondary N) is 1. The Labute approximate surface area is 172 Å². The van der Waals surface area contributed by atoms with E-state index in [0.29, 0.717) is 18.5 Å². The molecule has 0 bridgehead atoms. The molecule has 0 fully saturated rings. The van der Waals surface area contributed by atoms with E-state index in [1.807, 2.05) is 34.6 Å². The van der Waals surface area contributed by atoms with E-state index in [2.05, 4.69) is 16.3 Å². The van der Waals surface area contributed by atoms with Gasteiger partial charge in [0.15, 0.2) is 0 Å². The standard InChI is InChI=1S/C24H30F2N2O/c1-15-11-21-19(16(2)23(15)27-22(29)13-24(3,4)5)7-6-10-28(21)14-17-8-9-18(25)12-20(17)26/h8-9,11-12H,6-7,10,13-14H2,1-5H3,(H,27,29). The summed E-state index contributed by atoms with van der Waals surface area (Å²) in [5, 5.41) is 3.11. The highest BCUT2D eigenvalue weighted by Gasteiger charge is 2.24. The molecule has 5 heteroatoms. The lowest BCUT2D eigenvalue weighted by atomic mass is 9.90. The molecule has 0 atom stereocenters. The Balaban J connectivity index is 1.89. The zero-order valence-corrected chi connectivity index (χ0v) is 18.0. The van der Waals surface area contributed by atoms with Crippen LogP contribution >= 0.6 is 0 Å². The Morgan fingerprint density at radius 3 is 2.55 bits per heavy atom. The molecule has 0 radical (unpaired) electrons. The molecular formula is C24H30F2N2O. The highest BCUT2D eigenvalue weighted by atomic mass is 19.1. The molecule has 0 saturated heterocycles. The first-order chi connectivity index (χ1) is 13.5. The second-order valence-corrected chi connectivity index (χ2v) is 9.24. The lowest BCUT2D eigenvalue weighted by Gasteiger charge is -2.34. The molecule has 3 rings (SSSR count). The lowest BCUT2D eigenvalue weighted by Crippen LogP contribution is -2.30. The summed E-state index contributed by atoms with van der Waals surface area (Å²) >= 11 is 0. The molecule has 1 aliphatic heterocycles. The molecule has 3 nitrogen and oxygen atoms in total. The van der Waals surface area contributed by atoms with Gasteiger partial charge < -0.3 is 10.2 Å². The van der Waals surface area contributed by atoms with Crippen LogP contribution in [0.5, 0.6) is 0 Å². The fraction of sp³-hybridized carbons (Fsp3) is 0.458. The van der Waals surface area contributed by atoms with Crippen molar-refractivity contribution in [3.63, 3.8) is 0 Å². The van der Waals surface area contributed by atoms with E-state index in [1.165, 1.54) is 17.7 Å². The lowest BCUT2D eigenvalue weighted by molar-refractivity contribution is -0.117. The number of fused-ring (bicyclic) bond motifs is 1. The van der Waals surface area contributed by atoms with Crippen LogP contribution in [0.4, 0.5) is 20.2 Å². The van der Waals surface area contributed by atoms with E-state index in [9.17, 15) is 13.6 Å². The van der Waals surface area contributed by atoms with Gasteiger partial charge in [-0.2, -0.15) is 0 Å². The molecule has 29 heavy (non-hydrogen) atoms. The van der Waals surface area contributed by atoms with Crippen LogP contribution in [0.2, 0.25) is 0 Å². The molecule has 1 amide bonds. The highest BCUT2D eigenvalue weighted by molar-refractivity contribution is 5.93. The Bertz CT molecular complexity index is 931. The number of halogens is 2. The molecule has 0 aliphatic carbocycles. The van der Waals surface area contributed by atoms with E-state index in [0.717, 1.165) is 48.0 Å². The minimum absolute atomic E-state index is 0.0182. The maximum atomic E-state index is 14.2. The number of amides is 1. The van der Waals surface area contributed by atoms with E-state index < -0.39 is 11.6 Å². The van der Waals surface area contributed by atoms with Crippen molar-refractivity contribution in [3.05, 3.63) is 58.2 Å². The molecule has 156 valence electrons. The average molecular weight is 401 g/mol. The number of carbonyl (C=O) groups is 1. The van der Waals surface area contributed by atoms with Gasteiger partial charge in [-0.05, 0) is 60.9 Å². The fourth-order valence-electron chi connectivity index (χ4n) is 4.05. The largest absolute Gasteiger partial charge is 0.367 e. The number of rotatable bonds is 4. The maximum Gasteiger partial charge on any atom is 0.224 e. The predicted molar refractivity (Wildman–Crippen MR) is 114 cm³/mol. The minimum atomic E-state index is -0.562. The Morgan fingerprint density at radius 2 is 1.90 bits per heavy atom. The summed E-state index contributed by atoms with van der Waals surface area (Å²) in [6.07, 6.45) is 2.33. The second-order valence-electron chi connectivity index (χ2n) is 9.24. The van der Waals surface area contributed by atoms with Crippen molar-refractivity contribution in [2.24, 2.45) is 5.41 Å². The van der Waals surface area contributed by atoms with Gasteiger partial charge in [0, 0.05) is 42.5 Å². The van der Waals surface area contributed by atoms with Gasteiger partial charge in [-0.25, -0.2) is 8.78 Å². The molecule has 0 saturated carbocycles. The van der Waals surface area contributed by atoms with Gasteiger partial charge in [0.1, 0.15) is 11.6 Å². The Morgan fingerprint density at radius 1 is 1.17 bits per heavy atom. The minimum Gasteiger partial charge on any atom is -0.367 e. The number of hydrogen-bond donors (Lipinski definition) is 1. The van der Waals surface area contributed by atoms with Crippen molar-refractivity contribution in [1.29, 1.82) is 0 Å². The molecule has 2 aromatic carbocycles. The summed E-state index contributed by atoms with van der Waals surface area (Å²) in [7, 11) is 0. The van der Waals surface area contributed by atoms with Gasteiger partial charge in [-0.3, -0.25) is 4.79 Å². The maximum absolute atomic E-state index is 14.2. The summed E-state index contributed by atoms with van der Waals surface area (Å²) in [4.78, 5) is 14.6. The topological polar surface area (TPSA) is 32.3 Å². The van der Waals surface area contributed by atoms with Crippen molar-refractivity contribution >= 4 is 17.3 Å². The number of anilines is 2. The van der Waals surface area contributed by atoms with Crippen LogP contribution in [0, 0.1) is 30.9 Å². The monoisotopic (exact) mass is 400 g/mol. The smallest absolute Gasteiger partial charge is 0.224 e. The van der Waals surface area contributed by atoms with E-state index in [-0.39, 0.29) is 11.3 Å². The number of carbonyl (C=O) groups excluding carboxylic acids is 1. The Kier molecular flexibility index (Phi) is 5.97. The van der Waals surface area contributed by atoms with Crippen LogP contribution in [0.15, 0.2) is 24.3 Å². The third kappa shape index (κ3) is 4.95. The molecule has 0 unspecified atom stereocenters. The second kappa shape index (κ2) is 8.13. The first kappa shape index (κ1) is 21.3. The van der Waals surface area contributed by atoms with Crippen LogP contribution in [0.25, 0.3) is 0 Å². The Hall–Kier alpha value is -2.43. The first-order valence-electron chi connectivity index (χ1n) is 10.2. The molecule has 1 N–H and O–H groups in total. The third-order valence-corrected chi connectivity index (χ3v) is 5.41. The van der Waals surface area contributed by atoms with Gasteiger partial charge >= 0.3 is 0 Å². The van der Waals surface area contributed by atoms with Crippen molar-refractivity contribution in [3.8, 4) is 0 Å². The van der Waals surface area contributed by atoms with Crippen LogP contribution in [-0.2, 0) is 17.8 Å². The van der Waals surface area contributed by atoms with Gasteiger partial charge in [-0.1, -0.05) is 26.8 Å². The molecule has 2 aromatic rings. The zero-order valence-electron chi connectivity index (χ0n) is 18.0. The average Bonchev–Trinajstić information content (AvgIpc) is 2.60. The van der Waals surface area contributed by atoms with Crippen LogP contribution < -0.4 is 10.2 Å². The normalized spacial score (nSPS) is 14.0. The van der Waals surface area contributed by atoms with E-state index >= 15 is 0 Å². The number of hydrogen-bond acceptors (Lipinski definition) is 2. The predicted octanol–water partition coefficient (Wildman–Crippen LogP) is 5.91. The number of nitrogens with zero attached hydrogens (tertiary/aromatic N) is 1. The van der Waals surface area contributed by atoms with Gasteiger partial charge in [0.05, 0.1) is 0 Å². The quantitative estimate of drug-likeness (QED) is 0.692. The molecular weight excluding hydrogens is 370 g/mol. The van der Waals surface area contributed by atoms with Crippen LogP contribution in [-0.4, -0.2) is 12.5 Å². The summed E-state index contributed by atoms with van der Waals surface area (Å²) < 4.78 is 27.4. The van der Waals surface area contributed by atoms with Gasteiger partial charge in [0.2, 0.25) is 5.91 Å². The summed E-state index contributed by atoms with van der Waals surface area (Å²) in [6.45, 7) is 11.4. The highest BCUT2D eigenvalue weighted by Crippen LogP contribution is 2.37. The SMILES string of the molecule is Cc1cc2c(c(C)c1NC(=O)CC(C)(C)C)CCCN2Cc1ccc(F)cc1F. The number of aryl methyl sites for hydroxylation is 1. The fourth-order valence-corrected chi connectivity index (χ4v) is 4.05. The molecule has 0 aromatic heterocycles. The van der Waals surface area contributed by atoms with Crippen molar-refractivity contribution < 1.29 is 13.6 Å². The molecule has 1 aliphatic rings. The van der Waals surface area contributed by atoms with E-state index in [4.69, 9.17) is 0 Å². The third-order valence-electron chi connectivity index (χ3n) is 5.41. The van der Waals surface area contributed by atoms with Gasteiger partial charge in [-0.15, -0.1) is 0 Å². The van der Waals surface area contributed by atoms with Crippen molar-refractivity contribution in [2.45, 2.75) is 60.4 Å². The molecule has 0 spiro atoms. The van der Waals surface area contributed by atoms with E-state index in [1.54, 1.807) is 0 Å². The van der Waals surface area contributed by atoms with Crippen molar-refractivity contribution in [1.82, 2.24) is 0 Å². The summed E-state index contributed by atoms with van der Waals surface area (Å²) in [5.41, 5.74) is 5.63. The molecule has 1 heterocycles. The first-order valence-corrected chi connectivity index (χ1v) is 10.2.